The van der Waals surface area contributed by atoms with Crippen LogP contribution in [0.1, 0.15) is 31.0 Å². The molecule has 0 saturated carbocycles. The van der Waals surface area contributed by atoms with E-state index < -0.39 is 6.09 Å². The van der Waals surface area contributed by atoms with Gasteiger partial charge >= 0.3 is 6.09 Å². The largest absolute Gasteiger partial charge is 0.465 e. The van der Waals surface area contributed by atoms with Gasteiger partial charge in [-0.25, -0.2) is 4.79 Å². The molecule has 0 fully saturated rings. The Morgan fingerprint density at radius 3 is 2.81 bits per heavy atom. The van der Waals surface area contributed by atoms with Crippen LogP contribution in [-0.2, 0) is 6.42 Å². The number of carboxylic acid groups (broad SMARTS) is 1. The van der Waals surface area contributed by atoms with E-state index in [-0.39, 0.29) is 12.1 Å². The smallest absolute Gasteiger partial charge is 0.408 e. The minimum absolute atomic E-state index is 0.0364. The zero-order chi connectivity index (χ0) is 11.9. The molecule has 0 aliphatic carbocycles. The van der Waals surface area contributed by atoms with Crippen LogP contribution in [0.25, 0.3) is 0 Å². The Labute approximate surface area is 103 Å². The SMILES string of the molecule is CC1Cc2cc(Br)ccc2C(C)N1C(=O)O. The number of carbonyl (C=O) groups is 1. The molecule has 3 nitrogen and oxygen atoms in total. The van der Waals surface area contributed by atoms with E-state index in [1.807, 2.05) is 26.0 Å². The van der Waals surface area contributed by atoms with Gasteiger partial charge in [0.1, 0.15) is 0 Å². The van der Waals surface area contributed by atoms with Crippen molar-refractivity contribution in [2.75, 3.05) is 0 Å². The van der Waals surface area contributed by atoms with Crippen LogP contribution >= 0.6 is 15.9 Å². The Morgan fingerprint density at radius 2 is 2.19 bits per heavy atom. The highest BCUT2D eigenvalue weighted by molar-refractivity contribution is 9.10. The molecule has 0 aromatic heterocycles. The molecular formula is C12H14BrNO2. The summed E-state index contributed by atoms with van der Waals surface area (Å²) in [5.41, 5.74) is 2.36. The van der Waals surface area contributed by atoms with Crippen molar-refractivity contribution < 1.29 is 9.90 Å². The van der Waals surface area contributed by atoms with Gasteiger partial charge in [0.15, 0.2) is 0 Å². The maximum Gasteiger partial charge on any atom is 0.408 e. The molecule has 0 spiro atoms. The van der Waals surface area contributed by atoms with Crippen molar-refractivity contribution in [1.29, 1.82) is 0 Å². The molecule has 1 N–H and O–H groups in total. The lowest BCUT2D eigenvalue weighted by molar-refractivity contribution is 0.101. The highest BCUT2D eigenvalue weighted by Gasteiger charge is 2.32. The monoisotopic (exact) mass is 283 g/mol. The fraction of sp³-hybridized carbons (Fsp3) is 0.417. The first-order valence-corrected chi connectivity index (χ1v) is 6.09. The summed E-state index contributed by atoms with van der Waals surface area (Å²) in [6, 6.07) is 6.03. The van der Waals surface area contributed by atoms with E-state index in [9.17, 15) is 9.90 Å². The number of hydrogen-bond donors (Lipinski definition) is 1. The highest BCUT2D eigenvalue weighted by Crippen LogP contribution is 2.34. The summed E-state index contributed by atoms with van der Waals surface area (Å²) in [7, 11) is 0. The second-order valence-electron chi connectivity index (χ2n) is 4.26. The maximum absolute atomic E-state index is 11.2. The lowest BCUT2D eigenvalue weighted by Gasteiger charge is -2.38. The number of amides is 1. The first kappa shape index (κ1) is 11.5. The molecule has 1 aromatic carbocycles. The van der Waals surface area contributed by atoms with E-state index in [2.05, 4.69) is 22.0 Å². The average Bonchev–Trinajstić information content (AvgIpc) is 2.15. The van der Waals surface area contributed by atoms with Crippen molar-refractivity contribution >= 4 is 22.0 Å². The molecule has 0 bridgehead atoms. The summed E-state index contributed by atoms with van der Waals surface area (Å²) in [6.45, 7) is 3.89. The van der Waals surface area contributed by atoms with Gasteiger partial charge in [-0.3, -0.25) is 4.90 Å². The molecule has 1 aliphatic heterocycles. The van der Waals surface area contributed by atoms with Gasteiger partial charge in [-0.2, -0.15) is 0 Å². The van der Waals surface area contributed by atoms with E-state index in [4.69, 9.17) is 0 Å². The second kappa shape index (κ2) is 4.09. The van der Waals surface area contributed by atoms with Crippen LogP contribution in [0.15, 0.2) is 22.7 Å². The van der Waals surface area contributed by atoms with Crippen molar-refractivity contribution in [3.63, 3.8) is 0 Å². The minimum Gasteiger partial charge on any atom is -0.465 e. The van der Waals surface area contributed by atoms with Crippen LogP contribution in [0.3, 0.4) is 0 Å². The van der Waals surface area contributed by atoms with E-state index in [0.29, 0.717) is 0 Å². The molecule has 86 valence electrons. The molecule has 2 rings (SSSR count). The third-order valence-corrected chi connectivity index (χ3v) is 3.68. The van der Waals surface area contributed by atoms with E-state index in [1.165, 1.54) is 10.5 Å². The Hall–Kier alpha value is -1.03. The number of halogens is 1. The predicted molar refractivity (Wildman–Crippen MR) is 65.6 cm³/mol. The Kier molecular flexibility index (Phi) is 2.93. The molecule has 0 saturated heterocycles. The highest BCUT2D eigenvalue weighted by atomic mass is 79.9. The van der Waals surface area contributed by atoms with Crippen LogP contribution in [0, 0.1) is 0 Å². The van der Waals surface area contributed by atoms with Crippen LogP contribution in [-0.4, -0.2) is 22.1 Å². The van der Waals surface area contributed by atoms with Crippen LogP contribution in [0.2, 0.25) is 0 Å². The molecule has 2 atom stereocenters. The first-order chi connectivity index (χ1) is 7.50. The predicted octanol–water partition coefficient (Wildman–Crippen LogP) is 3.43. The Bertz CT molecular complexity index is 433. The van der Waals surface area contributed by atoms with Gasteiger partial charge < -0.3 is 5.11 Å². The fourth-order valence-electron chi connectivity index (χ4n) is 2.46. The number of hydrogen-bond acceptors (Lipinski definition) is 1. The number of rotatable bonds is 0. The van der Waals surface area contributed by atoms with Crippen molar-refractivity contribution in [1.82, 2.24) is 4.90 Å². The van der Waals surface area contributed by atoms with E-state index in [0.717, 1.165) is 16.5 Å². The summed E-state index contributed by atoms with van der Waals surface area (Å²) in [5.74, 6) is 0. The van der Waals surface area contributed by atoms with E-state index in [1.54, 1.807) is 0 Å². The second-order valence-corrected chi connectivity index (χ2v) is 5.18. The van der Waals surface area contributed by atoms with Crippen molar-refractivity contribution in [2.45, 2.75) is 32.4 Å². The average molecular weight is 284 g/mol. The van der Waals surface area contributed by atoms with Gasteiger partial charge in [0.05, 0.1) is 6.04 Å². The van der Waals surface area contributed by atoms with Gasteiger partial charge in [-0.05, 0) is 43.5 Å². The molecule has 2 unspecified atom stereocenters. The van der Waals surface area contributed by atoms with Gasteiger partial charge in [0.2, 0.25) is 0 Å². The van der Waals surface area contributed by atoms with Crippen molar-refractivity contribution in [3.8, 4) is 0 Å². The fourth-order valence-corrected chi connectivity index (χ4v) is 2.87. The normalized spacial score (nSPS) is 24.1. The summed E-state index contributed by atoms with van der Waals surface area (Å²) in [4.78, 5) is 12.7. The maximum atomic E-state index is 11.2. The number of fused-ring (bicyclic) bond motifs is 1. The summed E-state index contributed by atoms with van der Waals surface area (Å²) in [6.07, 6.45) is -0.0561. The lowest BCUT2D eigenvalue weighted by atomic mass is 9.90. The minimum atomic E-state index is -0.839. The molecule has 4 heteroatoms. The Morgan fingerprint density at radius 1 is 1.50 bits per heavy atom. The Balaban J connectivity index is 2.44. The van der Waals surface area contributed by atoms with Crippen LogP contribution in [0.5, 0.6) is 0 Å². The number of benzene rings is 1. The topological polar surface area (TPSA) is 40.5 Å². The van der Waals surface area contributed by atoms with Crippen LogP contribution in [0.4, 0.5) is 4.79 Å². The summed E-state index contributed by atoms with van der Waals surface area (Å²) < 4.78 is 1.05. The molecule has 1 amide bonds. The zero-order valence-electron chi connectivity index (χ0n) is 9.27. The number of nitrogens with zero attached hydrogens (tertiary/aromatic N) is 1. The van der Waals surface area contributed by atoms with Gasteiger partial charge in [0, 0.05) is 10.5 Å². The molecule has 1 aromatic rings. The first-order valence-electron chi connectivity index (χ1n) is 5.30. The molecule has 1 aliphatic rings. The van der Waals surface area contributed by atoms with Gasteiger partial charge in [0.25, 0.3) is 0 Å². The van der Waals surface area contributed by atoms with Crippen molar-refractivity contribution in [2.24, 2.45) is 0 Å². The molecule has 0 radical (unpaired) electrons. The summed E-state index contributed by atoms with van der Waals surface area (Å²) >= 11 is 3.44. The summed E-state index contributed by atoms with van der Waals surface area (Å²) in [5, 5.41) is 9.18. The molecular weight excluding hydrogens is 270 g/mol. The standard InChI is InChI=1S/C12H14BrNO2/c1-7-5-9-6-10(13)3-4-11(9)8(2)14(7)12(15)16/h3-4,6-8H,5H2,1-2H3,(H,15,16). The van der Waals surface area contributed by atoms with Gasteiger partial charge in [-0.15, -0.1) is 0 Å². The van der Waals surface area contributed by atoms with Crippen molar-refractivity contribution in [3.05, 3.63) is 33.8 Å². The van der Waals surface area contributed by atoms with Gasteiger partial charge in [-0.1, -0.05) is 22.0 Å². The van der Waals surface area contributed by atoms with E-state index >= 15 is 0 Å². The quantitative estimate of drug-likeness (QED) is 0.792. The third-order valence-electron chi connectivity index (χ3n) is 3.18. The molecule has 1 heterocycles. The van der Waals surface area contributed by atoms with Crippen LogP contribution < -0.4 is 0 Å². The molecule has 16 heavy (non-hydrogen) atoms. The lowest BCUT2D eigenvalue weighted by Crippen LogP contribution is -2.44. The third kappa shape index (κ3) is 1.82. The zero-order valence-corrected chi connectivity index (χ0v) is 10.9.